The van der Waals surface area contributed by atoms with Crippen LogP contribution in [0.2, 0.25) is 0 Å². The highest BCUT2D eigenvalue weighted by Crippen LogP contribution is 2.24. The fourth-order valence-electron chi connectivity index (χ4n) is 6.55. The van der Waals surface area contributed by atoms with Crippen LogP contribution in [0.3, 0.4) is 0 Å². The lowest BCUT2D eigenvalue weighted by Crippen LogP contribution is -2.70. The third-order valence-corrected chi connectivity index (χ3v) is 13.6. The number of rotatable bonds is 15. The Kier molecular flexibility index (Phi) is 10.7. The SMILES string of the molecule is CCCOc1cccc([Si](Cn2ccnc2BC(c2ccccc2)c2ccccc2)(c2ccccc2)c2cccc(OCCC)c2)c1. The van der Waals surface area contributed by atoms with Crippen molar-refractivity contribution in [2.75, 3.05) is 13.2 Å². The Hall–Kier alpha value is -4.81. The Morgan fingerprint density at radius 2 is 1.11 bits per heavy atom. The monoisotopic (exact) mass is 634 g/mol. The van der Waals surface area contributed by atoms with Crippen molar-refractivity contribution >= 4 is 36.6 Å². The minimum absolute atomic E-state index is 0.183. The molecule has 0 spiro atoms. The molecule has 6 heteroatoms. The predicted octanol–water partition coefficient (Wildman–Crippen LogP) is 6.02. The van der Waals surface area contributed by atoms with Crippen LogP contribution >= 0.6 is 0 Å². The van der Waals surface area contributed by atoms with Gasteiger partial charge in [-0.25, -0.2) is 0 Å². The van der Waals surface area contributed by atoms with Crippen LogP contribution in [0.5, 0.6) is 11.5 Å². The molecule has 0 fully saturated rings. The minimum Gasteiger partial charge on any atom is -0.494 e. The standard InChI is InChI=1S/C41H43BN2O2Si/c1-3-28-45-35-20-14-24-38(30-35)47(37-22-12-7-13-23-37,39-25-15-21-36(31-39)46-29-4-2)32-44-27-26-43-41(44)42-40(33-16-8-5-9-17-33)34-18-10-6-11-19-34/h5-27,30-31,40,42H,3-4,28-29,32H2,1-2H3. The molecule has 6 rings (SSSR count). The van der Waals surface area contributed by atoms with E-state index in [9.17, 15) is 0 Å². The van der Waals surface area contributed by atoms with E-state index in [0.717, 1.165) is 43.5 Å². The molecule has 0 aliphatic carbocycles. The molecule has 1 aromatic heterocycles. The highest BCUT2D eigenvalue weighted by molar-refractivity contribution is 7.10. The fraction of sp³-hybridized carbons (Fsp3) is 0.195. The zero-order chi connectivity index (χ0) is 32.3. The third kappa shape index (κ3) is 7.44. The van der Waals surface area contributed by atoms with Crippen molar-refractivity contribution in [2.45, 2.75) is 38.7 Å². The van der Waals surface area contributed by atoms with Gasteiger partial charge in [-0.3, -0.25) is 4.98 Å². The summed E-state index contributed by atoms with van der Waals surface area (Å²) in [6, 6.07) is 50.3. The van der Waals surface area contributed by atoms with Gasteiger partial charge in [0, 0.05) is 18.6 Å². The van der Waals surface area contributed by atoms with E-state index < -0.39 is 8.07 Å². The number of imidazole rings is 1. The Morgan fingerprint density at radius 3 is 1.62 bits per heavy atom. The van der Waals surface area contributed by atoms with E-state index in [-0.39, 0.29) is 5.82 Å². The van der Waals surface area contributed by atoms with Crippen molar-refractivity contribution < 1.29 is 9.47 Å². The number of aromatic nitrogens is 2. The first kappa shape index (κ1) is 32.1. The van der Waals surface area contributed by atoms with E-state index in [1.807, 2.05) is 6.20 Å². The Labute approximate surface area is 281 Å². The molecule has 0 N–H and O–H groups in total. The molecule has 0 aliphatic rings. The Morgan fingerprint density at radius 1 is 0.617 bits per heavy atom. The molecule has 0 aliphatic heterocycles. The van der Waals surface area contributed by atoms with Gasteiger partial charge in [0.1, 0.15) is 11.5 Å². The molecular formula is C41H43BN2O2Si. The second-order valence-corrected chi connectivity index (χ2v) is 15.9. The molecular weight excluding hydrogens is 591 g/mol. The van der Waals surface area contributed by atoms with Gasteiger partial charge >= 0.3 is 0 Å². The summed E-state index contributed by atoms with van der Waals surface area (Å²) in [4.78, 5) is 5.02. The molecule has 6 aromatic rings. The molecule has 0 bridgehead atoms. The highest BCUT2D eigenvalue weighted by Gasteiger charge is 2.41. The van der Waals surface area contributed by atoms with Crippen molar-refractivity contribution in [3.8, 4) is 11.5 Å². The lowest BCUT2D eigenvalue weighted by Gasteiger charge is -2.35. The molecule has 0 saturated heterocycles. The van der Waals surface area contributed by atoms with Gasteiger partial charge in [-0.15, -0.1) is 0 Å². The maximum Gasteiger partial charge on any atom is 0.217 e. The smallest absolute Gasteiger partial charge is 0.217 e. The van der Waals surface area contributed by atoms with E-state index in [1.54, 1.807) is 0 Å². The van der Waals surface area contributed by atoms with E-state index in [2.05, 4.69) is 164 Å². The van der Waals surface area contributed by atoms with Gasteiger partial charge in [0.15, 0.2) is 8.07 Å². The van der Waals surface area contributed by atoms with Crippen LogP contribution in [-0.2, 0) is 6.17 Å². The lowest BCUT2D eigenvalue weighted by molar-refractivity contribution is 0.317. The maximum atomic E-state index is 6.23. The largest absolute Gasteiger partial charge is 0.494 e. The van der Waals surface area contributed by atoms with Gasteiger partial charge < -0.3 is 14.0 Å². The summed E-state index contributed by atoms with van der Waals surface area (Å²) in [5.41, 5.74) is 3.66. The summed E-state index contributed by atoms with van der Waals surface area (Å²) in [6.45, 7) is 5.67. The fourth-order valence-corrected chi connectivity index (χ4v) is 11.2. The molecule has 5 aromatic carbocycles. The van der Waals surface area contributed by atoms with Crippen LogP contribution in [0.1, 0.15) is 43.6 Å². The first-order chi connectivity index (χ1) is 23.2. The van der Waals surface area contributed by atoms with Crippen LogP contribution < -0.4 is 30.8 Å². The average molecular weight is 635 g/mol. The summed E-state index contributed by atoms with van der Waals surface area (Å²) >= 11 is 0. The van der Waals surface area contributed by atoms with Crippen molar-refractivity contribution in [3.63, 3.8) is 0 Å². The van der Waals surface area contributed by atoms with Gasteiger partial charge in [0.25, 0.3) is 0 Å². The molecule has 0 atom stereocenters. The molecule has 47 heavy (non-hydrogen) atoms. The second-order valence-electron chi connectivity index (χ2n) is 12.1. The third-order valence-electron chi connectivity index (χ3n) is 8.87. The van der Waals surface area contributed by atoms with E-state index in [1.165, 1.54) is 26.7 Å². The molecule has 0 radical (unpaired) electrons. The molecule has 4 nitrogen and oxygen atoms in total. The second kappa shape index (κ2) is 15.7. The van der Waals surface area contributed by atoms with Crippen LogP contribution in [0.25, 0.3) is 0 Å². The summed E-state index contributed by atoms with van der Waals surface area (Å²) < 4.78 is 14.9. The van der Waals surface area contributed by atoms with E-state index in [0.29, 0.717) is 13.2 Å². The Balaban J connectivity index is 1.51. The lowest BCUT2D eigenvalue weighted by atomic mass is 9.58. The van der Waals surface area contributed by atoms with Crippen LogP contribution in [0.4, 0.5) is 0 Å². The zero-order valence-electron chi connectivity index (χ0n) is 27.5. The minimum atomic E-state index is -2.75. The Bertz CT molecular complexity index is 1740. The summed E-state index contributed by atoms with van der Waals surface area (Å²) in [6.07, 6.45) is 6.85. The molecule has 0 unspecified atom stereocenters. The summed E-state index contributed by atoms with van der Waals surface area (Å²) in [5, 5.41) is 3.93. The molecule has 0 amide bonds. The van der Waals surface area contributed by atoms with E-state index >= 15 is 0 Å². The maximum absolute atomic E-state index is 6.23. The topological polar surface area (TPSA) is 36.3 Å². The van der Waals surface area contributed by atoms with Crippen LogP contribution in [0, 0.1) is 0 Å². The van der Waals surface area contributed by atoms with E-state index in [4.69, 9.17) is 14.5 Å². The van der Waals surface area contributed by atoms with Crippen molar-refractivity contribution in [3.05, 3.63) is 163 Å². The zero-order valence-corrected chi connectivity index (χ0v) is 28.5. The van der Waals surface area contributed by atoms with Gasteiger partial charge in [0.05, 0.1) is 18.9 Å². The highest BCUT2D eigenvalue weighted by atomic mass is 28.3. The molecule has 236 valence electrons. The molecule has 1 heterocycles. The average Bonchev–Trinajstić information content (AvgIpc) is 3.58. The number of benzene rings is 5. The number of nitrogens with zero attached hydrogens (tertiary/aromatic N) is 2. The number of ether oxygens (including phenoxy) is 2. The summed E-state index contributed by atoms with van der Waals surface area (Å²) in [7, 11) is -1.96. The van der Waals surface area contributed by atoms with Crippen molar-refractivity contribution in [1.29, 1.82) is 0 Å². The molecule has 0 saturated carbocycles. The van der Waals surface area contributed by atoms with Crippen LogP contribution in [0.15, 0.2) is 152 Å². The predicted molar refractivity (Wildman–Crippen MR) is 199 cm³/mol. The first-order valence-electron chi connectivity index (χ1n) is 16.8. The normalized spacial score (nSPS) is 11.4. The van der Waals surface area contributed by atoms with Gasteiger partial charge in [-0.2, -0.15) is 0 Å². The van der Waals surface area contributed by atoms with Crippen molar-refractivity contribution in [2.24, 2.45) is 0 Å². The van der Waals surface area contributed by atoms with Crippen LogP contribution in [-0.4, -0.2) is 38.1 Å². The van der Waals surface area contributed by atoms with Gasteiger partial charge in [-0.1, -0.05) is 129 Å². The van der Waals surface area contributed by atoms with Gasteiger partial charge in [0.2, 0.25) is 7.28 Å². The number of hydrogen-bond donors (Lipinski definition) is 0. The van der Waals surface area contributed by atoms with Gasteiger partial charge in [-0.05, 0) is 69.6 Å². The summed E-state index contributed by atoms with van der Waals surface area (Å²) in [5.74, 6) is 2.01. The first-order valence-corrected chi connectivity index (χ1v) is 19.0. The van der Waals surface area contributed by atoms with Crippen molar-refractivity contribution in [1.82, 2.24) is 9.55 Å². The quantitative estimate of drug-likeness (QED) is 0.102. The number of hydrogen-bond acceptors (Lipinski definition) is 3.